The number of nitrogens with zero attached hydrogens (tertiary/aromatic N) is 3. The van der Waals surface area contributed by atoms with Crippen LogP contribution < -0.4 is 10.9 Å². The molecule has 1 aromatic carbocycles. The number of carbonyl (C=O) groups excluding carboxylic acids is 1. The molecule has 0 saturated carbocycles. The molecule has 0 aliphatic carbocycles. The minimum atomic E-state index is -0.312. The summed E-state index contributed by atoms with van der Waals surface area (Å²) in [7, 11) is 1.55. The van der Waals surface area contributed by atoms with E-state index in [1.54, 1.807) is 7.11 Å². The third kappa shape index (κ3) is 6.30. The number of hydrogen-bond acceptors (Lipinski definition) is 5. The van der Waals surface area contributed by atoms with Crippen molar-refractivity contribution in [3.63, 3.8) is 0 Å². The smallest absolute Gasteiger partial charge is 0.271 e. The Labute approximate surface area is 160 Å². The largest absolute Gasteiger partial charge is 0.383 e. The van der Waals surface area contributed by atoms with Crippen molar-refractivity contribution in [1.82, 2.24) is 20.0 Å². The van der Waals surface area contributed by atoms with Gasteiger partial charge in [-0.05, 0) is 30.3 Å². The lowest BCUT2D eigenvalue weighted by molar-refractivity contribution is 0.0942. The number of methoxy groups -OCH3 is 1. The third-order valence-corrected chi connectivity index (χ3v) is 4.38. The molecule has 0 radical (unpaired) electrons. The Bertz CT molecular complexity index is 783. The summed E-state index contributed by atoms with van der Waals surface area (Å²) in [6, 6.07) is 11.0. The Balaban J connectivity index is 1.94. The van der Waals surface area contributed by atoms with E-state index in [2.05, 4.69) is 41.3 Å². The van der Waals surface area contributed by atoms with Gasteiger partial charge in [-0.25, -0.2) is 4.68 Å². The van der Waals surface area contributed by atoms with Crippen LogP contribution in [0.1, 0.15) is 35.5 Å². The van der Waals surface area contributed by atoms with Crippen LogP contribution in [0.4, 0.5) is 0 Å². The van der Waals surface area contributed by atoms with Gasteiger partial charge in [-0.3, -0.25) is 14.5 Å². The molecule has 27 heavy (non-hydrogen) atoms. The van der Waals surface area contributed by atoms with Crippen LogP contribution in [0.2, 0.25) is 0 Å². The maximum Gasteiger partial charge on any atom is 0.271 e. The molecule has 0 atom stereocenters. The second kappa shape index (κ2) is 10.6. The number of nitrogens with one attached hydrogen (secondary N) is 1. The fraction of sp³-hybridized carbons (Fsp3) is 0.450. The zero-order valence-electron chi connectivity index (χ0n) is 16.3. The minimum absolute atomic E-state index is 0.212. The Hall–Kier alpha value is -2.51. The van der Waals surface area contributed by atoms with Crippen LogP contribution in [0.5, 0.6) is 0 Å². The molecule has 1 amide bonds. The van der Waals surface area contributed by atoms with Crippen LogP contribution in [0.3, 0.4) is 0 Å². The first-order chi connectivity index (χ1) is 13.1. The van der Waals surface area contributed by atoms with Crippen molar-refractivity contribution < 1.29 is 9.53 Å². The molecule has 1 heterocycles. The van der Waals surface area contributed by atoms with Crippen LogP contribution in [-0.2, 0) is 24.4 Å². The van der Waals surface area contributed by atoms with Crippen molar-refractivity contribution in [2.75, 3.05) is 26.8 Å². The maximum atomic E-state index is 12.3. The van der Waals surface area contributed by atoms with Crippen molar-refractivity contribution in [2.24, 2.45) is 0 Å². The van der Waals surface area contributed by atoms with Crippen molar-refractivity contribution in [3.8, 4) is 0 Å². The molecular weight excluding hydrogens is 344 g/mol. The van der Waals surface area contributed by atoms with E-state index in [0.717, 1.165) is 25.2 Å². The van der Waals surface area contributed by atoms with Gasteiger partial charge in [-0.15, -0.1) is 0 Å². The molecule has 0 saturated heterocycles. The summed E-state index contributed by atoms with van der Waals surface area (Å²) >= 11 is 0. The maximum absolute atomic E-state index is 12.3. The molecule has 7 heteroatoms. The summed E-state index contributed by atoms with van der Waals surface area (Å²) in [6.45, 7) is 8.35. The lowest BCUT2D eigenvalue weighted by atomic mass is 10.1. The van der Waals surface area contributed by atoms with Gasteiger partial charge in [0.2, 0.25) is 0 Å². The van der Waals surface area contributed by atoms with Crippen molar-refractivity contribution in [3.05, 3.63) is 63.6 Å². The van der Waals surface area contributed by atoms with Gasteiger partial charge in [0.05, 0.1) is 13.2 Å². The van der Waals surface area contributed by atoms with Crippen molar-refractivity contribution >= 4 is 5.91 Å². The van der Waals surface area contributed by atoms with Gasteiger partial charge in [0.15, 0.2) is 0 Å². The number of hydrogen-bond donors (Lipinski definition) is 1. The van der Waals surface area contributed by atoms with E-state index in [0.29, 0.717) is 19.7 Å². The Kier molecular flexibility index (Phi) is 8.16. The summed E-state index contributed by atoms with van der Waals surface area (Å²) in [4.78, 5) is 26.4. The standard InChI is InChI=1S/C20H28N4O3/c1-4-23(5-2)15-17-8-6-16(7-9-17)14-21-20(26)18-10-11-19(25)24(22-18)12-13-27-3/h6-11H,4-5,12-15H2,1-3H3,(H,21,26). The van der Waals surface area contributed by atoms with E-state index < -0.39 is 0 Å². The van der Waals surface area contributed by atoms with Crippen LogP contribution in [0.15, 0.2) is 41.2 Å². The van der Waals surface area contributed by atoms with E-state index in [-0.39, 0.29) is 17.2 Å². The highest BCUT2D eigenvalue weighted by Crippen LogP contribution is 2.08. The first kappa shape index (κ1) is 20.8. The monoisotopic (exact) mass is 372 g/mol. The predicted molar refractivity (Wildman–Crippen MR) is 105 cm³/mol. The predicted octanol–water partition coefficient (Wildman–Crippen LogP) is 1.66. The van der Waals surface area contributed by atoms with E-state index in [4.69, 9.17) is 4.74 Å². The molecule has 7 nitrogen and oxygen atoms in total. The third-order valence-electron chi connectivity index (χ3n) is 4.38. The molecule has 2 rings (SSSR count). The molecule has 0 bridgehead atoms. The summed E-state index contributed by atoms with van der Waals surface area (Å²) in [5, 5.41) is 6.94. The number of aromatic nitrogens is 2. The molecule has 1 N–H and O–H groups in total. The molecule has 146 valence electrons. The molecule has 2 aromatic rings. The normalized spacial score (nSPS) is 11.0. The Morgan fingerprint density at radius 3 is 2.41 bits per heavy atom. The number of benzene rings is 1. The molecular formula is C20H28N4O3. The zero-order valence-corrected chi connectivity index (χ0v) is 16.3. The quantitative estimate of drug-likeness (QED) is 0.686. The first-order valence-electron chi connectivity index (χ1n) is 9.22. The van der Waals surface area contributed by atoms with Crippen LogP contribution in [-0.4, -0.2) is 47.4 Å². The van der Waals surface area contributed by atoms with Gasteiger partial charge in [0, 0.05) is 26.3 Å². The highest BCUT2D eigenvalue weighted by molar-refractivity contribution is 5.91. The van der Waals surface area contributed by atoms with E-state index in [1.807, 2.05) is 12.1 Å². The SMILES string of the molecule is CCN(CC)Cc1ccc(CNC(=O)c2ccc(=O)n(CCOC)n2)cc1. The first-order valence-corrected chi connectivity index (χ1v) is 9.22. The van der Waals surface area contributed by atoms with E-state index >= 15 is 0 Å². The zero-order chi connectivity index (χ0) is 19.6. The average molecular weight is 372 g/mol. The second-order valence-electron chi connectivity index (χ2n) is 6.23. The highest BCUT2D eigenvalue weighted by Gasteiger charge is 2.09. The van der Waals surface area contributed by atoms with Gasteiger partial charge in [0.25, 0.3) is 11.5 Å². The fourth-order valence-electron chi connectivity index (χ4n) is 2.65. The topological polar surface area (TPSA) is 76.5 Å². The summed E-state index contributed by atoms with van der Waals surface area (Å²) < 4.78 is 6.19. The van der Waals surface area contributed by atoms with Crippen LogP contribution >= 0.6 is 0 Å². The molecule has 0 aliphatic heterocycles. The van der Waals surface area contributed by atoms with Crippen LogP contribution in [0, 0.1) is 0 Å². The van der Waals surface area contributed by atoms with Gasteiger partial charge in [-0.1, -0.05) is 38.1 Å². The Morgan fingerprint density at radius 1 is 1.11 bits per heavy atom. The van der Waals surface area contributed by atoms with Gasteiger partial charge >= 0.3 is 0 Å². The Morgan fingerprint density at radius 2 is 1.78 bits per heavy atom. The number of ether oxygens (including phenoxy) is 1. The van der Waals surface area contributed by atoms with Gasteiger partial charge < -0.3 is 10.1 Å². The average Bonchev–Trinajstić information content (AvgIpc) is 2.70. The van der Waals surface area contributed by atoms with Gasteiger partial charge in [-0.2, -0.15) is 5.10 Å². The van der Waals surface area contributed by atoms with Crippen molar-refractivity contribution in [2.45, 2.75) is 33.5 Å². The minimum Gasteiger partial charge on any atom is -0.383 e. The second-order valence-corrected chi connectivity index (χ2v) is 6.23. The molecule has 0 spiro atoms. The lowest BCUT2D eigenvalue weighted by Gasteiger charge is -2.18. The lowest BCUT2D eigenvalue weighted by Crippen LogP contribution is -2.30. The van der Waals surface area contributed by atoms with E-state index in [9.17, 15) is 9.59 Å². The summed E-state index contributed by atoms with van der Waals surface area (Å²) in [5.74, 6) is -0.312. The number of amides is 1. The summed E-state index contributed by atoms with van der Waals surface area (Å²) in [5.41, 5.74) is 2.22. The number of carbonyl (C=O) groups is 1. The van der Waals surface area contributed by atoms with Crippen molar-refractivity contribution in [1.29, 1.82) is 0 Å². The fourth-order valence-corrected chi connectivity index (χ4v) is 2.65. The molecule has 1 aromatic heterocycles. The molecule has 0 fully saturated rings. The summed E-state index contributed by atoms with van der Waals surface area (Å²) in [6.07, 6.45) is 0. The molecule has 0 aliphatic rings. The number of rotatable bonds is 10. The van der Waals surface area contributed by atoms with Crippen LogP contribution in [0.25, 0.3) is 0 Å². The molecule has 0 unspecified atom stereocenters. The van der Waals surface area contributed by atoms with Gasteiger partial charge in [0.1, 0.15) is 5.69 Å². The highest BCUT2D eigenvalue weighted by atomic mass is 16.5. The van der Waals surface area contributed by atoms with E-state index in [1.165, 1.54) is 22.4 Å².